The number of rotatable bonds is 8. The van der Waals surface area contributed by atoms with Crippen LogP contribution >= 0.6 is 0 Å². The van der Waals surface area contributed by atoms with Crippen molar-refractivity contribution in [3.63, 3.8) is 0 Å². The van der Waals surface area contributed by atoms with Gasteiger partial charge >= 0.3 is 0 Å². The summed E-state index contributed by atoms with van der Waals surface area (Å²) in [7, 11) is 1.64. The summed E-state index contributed by atoms with van der Waals surface area (Å²) in [6, 6.07) is 13.7. The molecule has 9 heteroatoms. The molecule has 4 fully saturated rings. The predicted octanol–water partition coefficient (Wildman–Crippen LogP) is 3.96. The highest BCUT2D eigenvalue weighted by Gasteiger charge is 2.44. The molecule has 192 valence electrons. The van der Waals surface area contributed by atoms with Crippen molar-refractivity contribution in [3.05, 3.63) is 66.2 Å². The highest BCUT2D eigenvalue weighted by molar-refractivity contribution is 5.86. The van der Waals surface area contributed by atoms with E-state index in [4.69, 9.17) is 9.72 Å². The molecule has 0 spiro atoms. The van der Waals surface area contributed by atoms with Crippen molar-refractivity contribution < 1.29 is 4.74 Å². The van der Waals surface area contributed by atoms with Crippen LogP contribution in [0.4, 0.5) is 11.5 Å². The third-order valence-electron chi connectivity index (χ3n) is 8.12. The molecule has 3 aliphatic heterocycles. The highest BCUT2D eigenvalue weighted by Crippen LogP contribution is 2.37. The smallest absolute Gasteiger partial charge is 0.212 e. The first kappa shape index (κ1) is 23.0. The second-order valence-corrected chi connectivity index (χ2v) is 10.7. The molecule has 8 rings (SSSR count). The first-order valence-corrected chi connectivity index (χ1v) is 13.3. The van der Waals surface area contributed by atoms with Gasteiger partial charge in [0.1, 0.15) is 11.9 Å². The van der Waals surface area contributed by atoms with Crippen molar-refractivity contribution >= 4 is 17.0 Å². The quantitative estimate of drug-likeness (QED) is 0.384. The van der Waals surface area contributed by atoms with Gasteiger partial charge in [-0.05, 0) is 48.9 Å². The van der Waals surface area contributed by atoms with Crippen LogP contribution in [0.1, 0.15) is 30.4 Å². The van der Waals surface area contributed by atoms with Gasteiger partial charge in [-0.15, -0.1) is 0 Å². The van der Waals surface area contributed by atoms with Crippen molar-refractivity contribution in [1.82, 2.24) is 24.5 Å². The standard InChI is InChI=1S/C29H30N8O/c1-38-28-7-4-20(12-33-28)15-36-24-9-25(36)18-35(17-24)27-6-5-21(13-32-27)26-8-23(31-11-19-2-3-19)16-37-29(26)22(10-30)14-34-37/h4-8,12-14,16,19,24-25,31H,2-3,9,11,15,17-18H2,1H3. The second kappa shape index (κ2) is 9.30. The Morgan fingerprint density at radius 2 is 1.95 bits per heavy atom. The zero-order chi connectivity index (χ0) is 25.6. The fourth-order valence-corrected chi connectivity index (χ4v) is 5.81. The lowest BCUT2D eigenvalue weighted by Gasteiger charge is -2.56. The van der Waals surface area contributed by atoms with Crippen LogP contribution in [-0.2, 0) is 6.54 Å². The summed E-state index contributed by atoms with van der Waals surface area (Å²) < 4.78 is 6.99. The number of nitriles is 1. The summed E-state index contributed by atoms with van der Waals surface area (Å²) in [5.41, 5.74) is 5.58. The fraction of sp³-hybridized carbons (Fsp3) is 0.379. The maximum Gasteiger partial charge on any atom is 0.212 e. The Balaban J connectivity index is 1.08. The predicted molar refractivity (Wildman–Crippen MR) is 145 cm³/mol. The van der Waals surface area contributed by atoms with Crippen molar-refractivity contribution in [2.45, 2.75) is 37.9 Å². The number of pyridine rings is 3. The number of piperidine rings is 1. The largest absolute Gasteiger partial charge is 0.481 e. The first-order valence-electron chi connectivity index (χ1n) is 13.3. The number of methoxy groups -OCH3 is 1. The maximum absolute atomic E-state index is 9.68. The average Bonchev–Trinajstić information content (AvgIpc) is 3.72. The Kier molecular flexibility index (Phi) is 5.63. The van der Waals surface area contributed by atoms with E-state index in [1.165, 1.54) is 24.8 Å². The van der Waals surface area contributed by atoms with Crippen LogP contribution in [0, 0.1) is 17.2 Å². The van der Waals surface area contributed by atoms with E-state index >= 15 is 0 Å². The fourth-order valence-electron chi connectivity index (χ4n) is 5.81. The van der Waals surface area contributed by atoms with Gasteiger partial charge in [-0.25, -0.2) is 14.5 Å². The zero-order valence-corrected chi connectivity index (χ0v) is 21.4. The first-order chi connectivity index (χ1) is 18.7. The Morgan fingerprint density at radius 3 is 2.63 bits per heavy atom. The van der Waals surface area contributed by atoms with Crippen molar-refractivity contribution in [3.8, 4) is 23.1 Å². The van der Waals surface area contributed by atoms with Crippen LogP contribution in [0.3, 0.4) is 0 Å². The van der Waals surface area contributed by atoms with Gasteiger partial charge in [-0.1, -0.05) is 6.07 Å². The molecule has 2 atom stereocenters. The third-order valence-corrected chi connectivity index (χ3v) is 8.12. The number of fused-ring (bicyclic) bond motifs is 3. The lowest BCUT2D eigenvalue weighted by atomic mass is 9.87. The molecule has 2 unspecified atom stereocenters. The number of hydrogen-bond acceptors (Lipinski definition) is 8. The number of nitrogens with one attached hydrogen (secondary N) is 1. The molecular formula is C29H30N8O. The Morgan fingerprint density at radius 1 is 1.08 bits per heavy atom. The minimum Gasteiger partial charge on any atom is -0.481 e. The van der Waals surface area contributed by atoms with E-state index in [0.29, 0.717) is 23.5 Å². The van der Waals surface area contributed by atoms with E-state index in [9.17, 15) is 5.26 Å². The molecule has 0 amide bonds. The Hall–Kier alpha value is -4.16. The van der Waals surface area contributed by atoms with E-state index in [-0.39, 0.29) is 0 Å². The summed E-state index contributed by atoms with van der Waals surface area (Å²) >= 11 is 0. The van der Waals surface area contributed by atoms with Gasteiger partial charge in [0.15, 0.2) is 0 Å². The summed E-state index contributed by atoms with van der Waals surface area (Å²) in [5.74, 6) is 2.42. The molecule has 4 aromatic rings. The van der Waals surface area contributed by atoms with E-state index in [2.05, 4.69) is 55.5 Å². The van der Waals surface area contributed by atoms with Crippen LogP contribution in [0.15, 0.2) is 55.1 Å². The van der Waals surface area contributed by atoms with Gasteiger partial charge < -0.3 is 15.0 Å². The highest BCUT2D eigenvalue weighted by atomic mass is 16.5. The maximum atomic E-state index is 9.68. The van der Waals surface area contributed by atoms with Crippen LogP contribution in [0.2, 0.25) is 0 Å². The molecular weight excluding hydrogens is 476 g/mol. The normalized spacial score (nSPS) is 20.7. The van der Waals surface area contributed by atoms with Gasteiger partial charge in [0, 0.05) is 67.8 Å². The van der Waals surface area contributed by atoms with Crippen molar-refractivity contribution in [2.24, 2.45) is 5.92 Å². The number of nitrogens with zero attached hydrogens (tertiary/aromatic N) is 7. The number of ether oxygens (including phenoxy) is 1. The van der Waals surface area contributed by atoms with Gasteiger partial charge in [-0.3, -0.25) is 4.90 Å². The van der Waals surface area contributed by atoms with Gasteiger partial charge in [-0.2, -0.15) is 10.4 Å². The topological polar surface area (TPSA) is 94.6 Å². The molecule has 4 aromatic heterocycles. The van der Waals surface area contributed by atoms with Gasteiger partial charge in [0.25, 0.3) is 0 Å². The average molecular weight is 507 g/mol. The SMILES string of the molecule is COc1ccc(CN2C3CC2CN(c2ccc(-c4cc(NCC5CC5)cn5ncc(C#N)c45)cn2)C3)cn1. The summed E-state index contributed by atoms with van der Waals surface area (Å²) in [4.78, 5) is 14.2. The zero-order valence-electron chi connectivity index (χ0n) is 21.4. The van der Waals surface area contributed by atoms with Gasteiger partial charge in [0.2, 0.25) is 5.88 Å². The van der Waals surface area contributed by atoms with E-state index in [0.717, 1.165) is 60.2 Å². The molecule has 1 aliphatic carbocycles. The lowest BCUT2D eigenvalue weighted by Crippen LogP contribution is -2.68. The van der Waals surface area contributed by atoms with Crippen LogP contribution in [0.5, 0.6) is 5.88 Å². The van der Waals surface area contributed by atoms with Crippen LogP contribution in [0.25, 0.3) is 16.6 Å². The number of hydrogen-bond donors (Lipinski definition) is 1. The molecule has 2 bridgehead atoms. The second-order valence-electron chi connectivity index (χ2n) is 10.7. The number of anilines is 2. The van der Waals surface area contributed by atoms with Crippen molar-refractivity contribution in [1.29, 1.82) is 5.26 Å². The van der Waals surface area contributed by atoms with Crippen molar-refractivity contribution in [2.75, 3.05) is 37.0 Å². The Bertz CT molecular complexity index is 1490. The third kappa shape index (κ3) is 4.21. The monoisotopic (exact) mass is 506 g/mol. The molecule has 7 heterocycles. The van der Waals surface area contributed by atoms with Gasteiger partial charge in [0.05, 0.1) is 36.3 Å². The van der Waals surface area contributed by atoms with Crippen LogP contribution < -0.4 is 15.0 Å². The molecule has 0 aromatic carbocycles. The molecule has 9 nitrogen and oxygen atoms in total. The Labute approximate surface area is 221 Å². The molecule has 4 aliphatic rings. The molecule has 0 radical (unpaired) electrons. The molecule has 1 saturated carbocycles. The molecule has 1 N–H and O–H groups in total. The summed E-state index contributed by atoms with van der Waals surface area (Å²) in [6.07, 6.45) is 11.3. The van der Waals surface area contributed by atoms with E-state index < -0.39 is 0 Å². The molecule has 3 saturated heterocycles. The van der Waals surface area contributed by atoms with E-state index in [1.54, 1.807) is 13.3 Å². The minimum absolute atomic E-state index is 0.524. The minimum atomic E-state index is 0.524. The lowest BCUT2D eigenvalue weighted by molar-refractivity contribution is -0.00876. The summed E-state index contributed by atoms with van der Waals surface area (Å²) in [6.45, 7) is 3.83. The number of aromatic nitrogens is 4. The molecule has 38 heavy (non-hydrogen) atoms. The number of piperazine rings is 1. The van der Waals surface area contributed by atoms with Crippen LogP contribution in [-0.4, -0.2) is 63.3 Å². The summed E-state index contributed by atoms with van der Waals surface area (Å²) in [5, 5.41) is 17.7. The van der Waals surface area contributed by atoms with E-state index in [1.807, 2.05) is 29.2 Å².